The maximum Gasteiger partial charge on any atom is 0.191 e. The predicted octanol–water partition coefficient (Wildman–Crippen LogP) is 2.27. The van der Waals surface area contributed by atoms with Crippen molar-refractivity contribution in [3.05, 3.63) is 47.8 Å². The van der Waals surface area contributed by atoms with Crippen LogP contribution in [0.25, 0.3) is 0 Å². The number of aromatic nitrogens is 2. The van der Waals surface area contributed by atoms with Crippen LogP contribution in [-0.2, 0) is 6.54 Å². The van der Waals surface area contributed by atoms with E-state index in [4.69, 9.17) is 4.74 Å². The molecule has 2 heterocycles. The second-order valence-electron chi connectivity index (χ2n) is 5.91. The molecule has 0 saturated carbocycles. The molecule has 128 valence electrons. The Morgan fingerprint density at radius 1 is 1.42 bits per heavy atom. The summed E-state index contributed by atoms with van der Waals surface area (Å²) in [6.45, 7) is 7.13. The lowest BCUT2D eigenvalue weighted by molar-refractivity contribution is 0.261. The number of aryl methyl sites for hydroxylation is 1. The Morgan fingerprint density at radius 3 is 3.08 bits per heavy atom. The molecule has 6 heteroatoms. The first-order valence-electron chi connectivity index (χ1n) is 8.52. The van der Waals surface area contributed by atoms with E-state index < -0.39 is 0 Å². The van der Waals surface area contributed by atoms with Gasteiger partial charge in [0.1, 0.15) is 5.75 Å². The minimum Gasteiger partial charge on any atom is -0.493 e. The first kappa shape index (κ1) is 16.4. The van der Waals surface area contributed by atoms with Gasteiger partial charge in [-0.15, -0.1) is 0 Å². The average molecular weight is 327 g/mol. The fourth-order valence-electron chi connectivity index (χ4n) is 2.83. The first-order chi connectivity index (χ1) is 11.8. The highest BCUT2D eigenvalue weighted by Gasteiger charge is 2.21. The van der Waals surface area contributed by atoms with Gasteiger partial charge in [0.2, 0.25) is 0 Å². The number of guanidine groups is 1. The molecule has 0 saturated heterocycles. The highest BCUT2D eigenvalue weighted by atomic mass is 16.5. The molecule has 0 spiro atoms. The molecule has 0 aliphatic carbocycles. The normalized spacial score (nSPS) is 17.1. The van der Waals surface area contributed by atoms with Crippen LogP contribution in [0, 0.1) is 6.92 Å². The van der Waals surface area contributed by atoms with Crippen LogP contribution >= 0.6 is 0 Å². The number of para-hydroxylation sites is 1. The minimum atomic E-state index is 0.222. The Hall–Kier alpha value is -2.50. The molecule has 1 aliphatic heterocycles. The SMILES string of the molecule is CCNC(=NCCn1cc(C)cn1)NC1CCOc2ccccc21. The van der Waals surface area contributed by atoms with E-state index in [9.17, 15) is 0 Å². The van der Waals surface area contributed by atoms with E-state index in [0.717, 1.165) is 37.8 Å². The Morgan fingerprint density at radius 2 is 2.29 bits per heavy atom. The van der Waals surface area contributed by atoms with Crippen molar-refractivity contribution in [1.29, 1.82) is 0 Å². The minimum absolute atomic E-state index is 0.222. The fourth-order valence-corrected chi connectivity index (χ4v) is 2.83. The largest absolute Gasteiger partial charge is 0.493 e. The maximum absolute atomic E-state index is 5.72. The summed E-state index contributed by atoms with van der Waals surface area (Å²) >= 11 is 0. The summed E-state index contributed by atoms with van der Waals surface area (Å²) in [4.78, 5) is 4.68. The summed E-state index contributed by atoms with van der Waals surface area (Å²) in [5, 5.41) is 11.1. The average Bonchev–Trinajstić information content (AvgIpc) is 3.01. The van der Waals surface area contributed by atoms with Gasteiger partial charge in [0.25, 0.3) is 0 Å². The molecule has 1 atom stereocenters. The van der Waals surface area contributed by atoms with Gasteiger partial charge in [-0.1, -0.05) is 18.2 Å². The standard InChI is InChI=1S/C18H25N5O/c1-3-19-18(20-9-10-23-13-14(2)12-21-23)22-16-8-11-24-17-7-5-4-6-15(16)17/h4-7,12-13,16H,3,8-11H2,1-2H3,(H2,19,20,22). The third-order valence-corrected chi connectivity index (χ3v) is 3.98. The molecule has 1 aromatic heterocycles. The smallest absolute Gasteiger partial charge is 0.191 e. The summed E-state index contributed by atoms with van der Waals surface area (Å²) in [6, 6.07) is 8.41. The van der Waals surface area contributed by atoms with Crippen LogP contribution in [0.1, 0.15) is 30.5 Å². The van der Waals surface area contributed by atoms with Crippen LogP contribution in [-0.4, -0.2) is 35.4 Å². The molecule has 24 heavy (non-hydrogen) atoms. The molecule has 3 rings (SSSR count). The third kappa shape index (κ3) is 4.07. The van der Waals surface area contributed by atoms with Gasteiger partial charge >= 0.3 is 0 Å². The van der Waals surface area contributed by atoms with Crippen molar-refractivity contribution in [2.24, 2.45) is 4.99 Å². The molecule has 0 amide bonds. The van der Waals surface area contributed by atoms with E-state index >= 15 is 0 Å². The number of aliphatic imine (C=N–C) groups is 1. The molecular formula is C18H25N5O. The van der Waals surface area contributed by atoms with E-state index in [1.54, 1.807) is 0 Å². The zero-order chi connectivity index (χ0) is 16.8. The summed E-state index contributed by atoms with van der Waals surface area (Å²) in [5.74, 6) is 1.80. The highest BCUT2D eigenvalue weighted by molar-refractivity contribution is 5.80. The lowest BCUT2D eigenvalue weighted by Crippen LogP contribution is -2.41. The van der Waals surface area contributed by atoms with E-state index in [1.807, 2.05) is 42.2 Å². The number of rotatable bonds is 5. The number of nitrogens with one attached hydrogen (secondary N) is 2. The Balaban J connectivity index is 1.64. The summed E-state index contributed by atoms with van der Waals surface area (Å²) in [5.41, 5.74) is 2.36. The number of nitrogens with zero attached hydrogens (tertiary/aromatic N) is 3. The summed E-state index contributed by atoms with van der Waals surface area (Å²) in [7, 11) is 0. The van der Waals surface area contributed by atoms with Crippen molar-refractivity contribution >= 4 is 5.96 Å². The van der Waals surface area contributed by atoms with Gasteiger partial charge in [-0.3, -0.25) is 9.67 Å². The monoisotopic (exact) mass is 327 g/mol. The molecule has 2 N–H and O–H groups in total. The van der Waals surface area contributed by atoms with E-state index in [0.29, 0.717) is 6.54 Å². The quantitative estimate of drug-likeness (QED) is 0.653. The van der Waals surface area contributed by atoms with Crippen molar-refractivity contribution in [3.8, 4) is 5.75 Å². The number of ether oxygens (including phenoxy) is 1. The van der Waals surface area contributed by atoms with Gasteiger partial charge in [-0.2, -0.15) is 5.10 Å². The van der Waals surface area contributed by atoms with E-state index in [-0.39, 0.29) is 6.04 Å². The predicted molar refractivity (Wildman–Crippen MR) is 95.4 cm³/mol. The van der Waals surface area contributed by atoms with Crippen LogP contribution in [0.15, 0.2) is 41.7 Å². The van der Waals surface area contributed by atoms with Crippen LogP contribution < -0.4 is 15.4 Å². The molecule has 2 aromatic rings. The van der Waals surface area contributed by atoms with Crippen molar-refractivity contribution in [2.45, 2.75) is 32.9 Å². The van der Waals surface area contributed by atoms with Crippen molar-refractivity contribution in [2.75, 3.05) is 19.7 Å². The molecule has 0 bridgehead atoms. The lowest BCUT2D eigenvalue weighted by Gasteiger charge is -2.28. The molecule has 1 aliphatic rings. The summed E-state index contributed by atoms with van der Waals surface area (Å²) < 4.78 is 7.65. The molecular weight excluding hydrogens is 302 g/mol. The van der Waals surface area contributed by atoms with E-state index in [2.05, 4.69) is 33.7 Å². The van der Waals surface area contributed by atoms with Crippen LogP contribution in [0.5, 0.6) is 5.75 Å². The third-order valence-electron chi connectivity index (χ3n) is 3.98. The van der Waals surface area contributed by atoms with Crippen molar-refractivity contribution in [3.63, 3.8) is 0 Å². The van der Waals surface area contributed by atoms with Gasteiger partial charge in [0.05, 0.1) is 31.9 Å². The lowest BCUT2D eigenvalue weighted by atomic mass is 10.0. The number of hydrogen-bond acceptors (Lipinski definition) is 3. The topological polar surface area (TPSA) is 63.5 Å². The highest BCUT2D eigenvalue weighted by Crippen LogP contribution is 2.31. The fraction of sp³-hybridized carbons (Fsp3) is 0.444. The second-order valence-corrected chi connectivity index (χ2v) is 5.91. The van der Waals surface area contributed by atoms with Crippen LogP contribution in [0.4, 0.5) is 0 Å². The zero-order valence-corrected chi connectivity index (χ0v) is 14.3. The van der Waals surface area contributed by atoms with E-state index in [1.165, 1.54) is 11.1 Å². The Bertz CT molecular complexity index is 694. The Kier molecular flexibility index (Phi) is 5.36. The van der Waals surface area contributed by atoms with Crippen LogP contribution in [0.2, 0.25) is 0 Å². The molecule has 0 fully saturated rings. The molecule has 0 radical (unpaired) electrons. The molecule has 1 aromatic carbocycles. The first-order valence-corrected chi connectivity index (χ1v) is 8.52. The van der Waals surface area contributed by atoms with Crippen molar-refractivity contribution in [1.82, 2.24) is 20.4 Å². The van der Waals surface area contributed by atoms with Gasteiger partial charge < -0.3 is 15.4 Å². The Labute approximate surface area is 142 Å². The number of fused-ring (bicyclic) bond motifs is 1. The van der Waals surface area contributed by atoms with Crippen LogP contribution in [0.3, 0.4) is 0 Å². The molecule has 6 nitrogen and oxygen atoms in total. The maximum atomic E-state index is 5.72. The van der Waals surface area contributed by atoms with Crippen molar-refractivity contribution < 1.29 is 4.74 Å². The van der Waals surface area contributed by atoms with Gasteiger partial charge in [-0.05, 0) is 25.5 Å². The number of benzene rings is 1. The second kappa shape index (κ2) is 7.86. The van der Waals surface area contributed by atoms with Gasteiger partial charge in [0.15, 0.2) is 5.96 Å². The summed E-state index contributed by atoms with van der Waals surface area (Å²) in [6.07, 6.45) is 4.83. The van der Waals surface area contributed by atoms with Gasteiger partial charge in [0, 0.05) is 24.7 Å². The molecule has 1 unspecified atom stereocenters. The van der Waals surface area contributed by atoms with Gasteiger partial charge in [-0.25, -0.2) is 0 Å². The zero-order valence-electron chi connectivity index (χ0n) is 14.3. The number of hydrogen-bond donors (Lipinski definition) is 2.